The van der Waals surface area contributed by atoms with Crippen LogP contribution in [0.15, 0.2) is 24.4 Å². The lowest BCUT2D eigenvalue weighted by Crippen LogP contribution is -2.52. The van der Waals surface area contributed by atoms with Gasteiger partial charge in [-0.05, 0) is 37.5 Å². The Balaban J connectivity index is 1.16. The summed E-state index contributed by atoms with van der Waals surface area (Å²) in [5, 5.41) is 0. The van der Waals surface area contributed by atoms with Gasteiger partial charge in [-0.15, -0.1) is 11.3 Å². The molecule has 3 aromatic rings. The van der Waals surface area contributed by atoms with Gasteiger partial charge in [0.05, 0.1) is 23.4 Å². The smallest absolute Gasteiger partial charge is 0.170 e. The largest absolute Gasteiger partial charge is 0.384 e. The molecule has 3 saturated heterocycles. The van der Waals surface area contributed by atoms with Crippen LogP contribution in [0.3, 0.4) is 0 Å². The summed E-state index contributed by atoms with van der Waals surface area (Å²) >= 11 is 1.76. The van der Waals surface area contributed by atoms with Crippen LogP contribution in [0.5, 0.6) is 0 Å². The predicted octanol–water partition coefficient (Wildman–Crippen LogP) is 2.36. The van der Waals surface area contributed by atoms with Crippen molar-refractivity contribution in [3.63, 3.8) is 0 Å². The van der Waals surface area contributed by atoms with Crippen molar-refractivity contribution in [2.75, 3.05) is 69.7 Å². The quantitative estimate of drug-likeness (QED) is 0.414. The minimum atomic E-state index is -0.549. The van der Waals surface area contributed by atoms with E-state index >= 15 is 0 Å². The van der Waals surface area contributed by atoms with Crippen LogP contribution in [0.1, 0.15) is 24.1 Å². The number of nitrogens with zero attached hydrogens (tertiary/aromatic N) is 6. The number of ether oxygens (including phenoxy) is 3. The zero-order valence-corrected chi connectivity index (χ0v) is 22.9. The van der Waals surface area contributed by atoms with Crippen molar-refractivity contribution in [1.82, 2.24) is 24.8 Å². The van der Waals surface area contributed by atoms with Gasteiger partial charge in [0.2, 0.25) is 0 Å². The van der Waals surface area contributed by atoms with Crippen LogP contribution < -0.4 is 10.6 Å². The molecule has 0 spiro atoms. The van der Waals surface area contributed by atoms with Crippen molar-refractivity contribution in [3.05, 3.63) is 29.3 Å². The van der Waals surface area contributed by atoms with Gasteiger partial charge < -0.3 is 24.8 Å². The number of piperazine rings is 1. The number of nitrogens with two attached hydrogens (primary N) is 1. The van der Waals surface area contributed by atoms with Gasteiger partial charge in [0.15, 0.2) is 30.4 Å². The lowest BCUT2D eigenvalue weighted by Gasteiger charge is -2.38. The molecular formula is C27H35N7O4S. The summed E-state index contributed by atoms with van der Waals surface area (Å²) in [4.78, 5) is 34.0. The van der Waals surface area contributed by atoms with Crippen LogP contribution in [0.25, 0.3) is 21.6 Å². The predicted molar refractivity (Wildman–Crippen MR) is 149 cm³/mol. The first-order valence-electron chi connectivity index (χ1n) is 13.7. The molecule has 0 aromatic carbocycles. The number of carbonyl (C=O) groups excluding carboxylic acids is 1. The zero-order valence-electron chi connectivity index (χ0n) is 22.0. The number of hydrogen-bond donors (Lipinski definition) is 1. The van der Waals surface area contributed by atoms with E-state index < -0.39 is 6.23 Å². The first-order valence-corrected chi connectivity index (χ1v) is 14.5. The summed E-state index contributed by atoms with van der Waals surface area (Å²) in [6.07, 6.45) is 4.79. The first kappa shape index (κ1) is 26.5. The molecule has 6 rings (SSSR count). The van der Waals surface area contributed by atoms with Gasteiger partial charge in [-0.3, -0.25) is 14.6 Å². The second kappa shape index (κ2) is 12.2. The molecule has 3 fully saturated rings. The molecule has 2 atom stereocenters. The maximum absolute atomic E-state index is 11.8. The first-order chi connectivity index (χ1) is 19.2. The van der Waals surface area contributed by atoms with Crippen LogP contribution in [0.4, 0.5) is 11.6 Å². The Morgan fingerprint density at radius 2 is 1.95 bits per heavy atom. The summed E-state index contributed by atoms with van der Waals surface area (Å²) in [6.45, 7) is 7.76. The van der Waals surface area contributed by atoms with E-state index in [-0.39, 0.29) is 6.29 Å². The minimum absolute atomic E-state index is 0.277. The highest BCUT2D eigenvalue weighted by Gasteiger charge is 2.28. The number of thiophene rings is 1. The monoisotopic (exact) mass is 553 g/mol. The minimum Gasteiger partial charge on any atom is -0.384 e. The van der Waals surface area contributed by atoms with Gasteiger partial charge >= 0.3 is 0 Å². The van der Waals surface area contributed by atoms with E-state index in [0.717, 1.165) is 93.0 Å². The molecule has 208 valence electrons. The lowest BCUT2D eigenvalue weighted by molar-refractivity contribution is -0.216. The average molecular weight is 554 g/mol. The molecule has 0 amide bonds. The maximum atomic E-state index is 11.8. The topological polar surface area (TPSA) is 119 Å². The van der Waals surface area contributed by atoms with Gasteiger partial charge in [-0.25, -0.2) is 15.0 Å². The number of morpholine rings is 1. The standard InChI is InChI=1S/C27H35N7O4S/c28-22-5-4-19(16-29-22)26-30-21-15-20(39-25(21)27(31-26)34-10-13-36-14-11-34)17-32-6-8-33(9-7-32)23(18-35)38-24-3-1-2-12-37-24/h4-5,15-16,18,23-24H,1-3,6-14,17H2,(H2,28,29). The summed E-state index contributed by atoms with van der Waals surface area (Å²) in [5.74, 6) is 2.07. The molecule has 0 saturated carbocycles. The summed E-state index contributed by atoms with van der Waals surface area (Å²) in [7, 11) is 0. The Morgan fingerprint density at radius 1 is 1.10 bits per heavy atom. The van der Waals surface area contributed by atoms with Gasteiger partial charge in [0.25, 0.3) is 0 Å². The maximum Gasteiger partial charge on any atom is 0.170 e. The molecule has 11 nitrogen and oxygen atoms in total. The molecule has 2 unspecified atom stereocenters. The number of anilines is 2. The molecule has 3 aliphatic rings. The number of fused-ring (bicyclic) bond motifs is 1. The van der Waals surface area contributed by atoms with Gasteiger partial charge in [-0.1, -0.05) is 0 Å². The van der Waals surface area contributed by atoms with Gasteiger partial charge in [0, 0.05) is 69.1 Å². The summed E-state index contributed by atoms with van der Waals surface area (Å²) in [6, 6.07) is 5.87. The summed E-state index contributed by atoms with van der Waals surface area (Å²) < 4.78 is 18.3. The Kier molecular flexibility index (Phi) is 8.28. The second-order valence-electron chi connectivity index (χ2n) is 10.1. The fraction of sp³-hybridized carbons (Fsp3) is 0.556. The number of hydrogen-bond acceptors (Lipinski definition) is 12. The Bertz CT molecular complexity index is 1250. The van der Waals surface area contributed by atoms with E-state index in [1.165, 1.54) is 4.88 Å². The highest BCUT2D eigenvalue weighted by atomic mass is 32.1. The Morgan fingerprint density at radius 3 is 2.67 bits per heavy atom. The second-order valence-corrected chi connectivity index (χ2v) is 11.3. The molecule has 12 heteroatoms. The third kappa shape index (κ3) is 6.21. The van der Waals surface area contributed by atoms with Gasteiger partial charge in [0.1, 0.15) is 5.82 Å². The zero-order chi connectivity index (χ0) is 26.6. The third-order valence-electron chi connectivity index (χ3n) is 7.45. The van der Waals surface area contributed by atoms with Crippen molar-refractivity contribution in [2.24, 2.45) is 0 Å². The number of carbonyl (C=O) groups is 1. The number of rotatable bonds is 8. The molecule has 0 aliphatic carbocycles. The molecule has 2 N–H and O–H groups in total. The molecule has 6 heterocycles. The highest BCUT2D eigenvalue weighted by molar-refractivity contribution is 7.19. The number of pyridine rings is 1. The van der Waals surface area contributed by atoms with Crippen LogP contribution in [-0.4, -0.2) is 103 Å². The van der Waals surface area contributed by atoms with Crippen molar-refractivity contribution in [1.29, 1.82) is 0 Å². The molecule has 0 radical (unpaired) electrons. The number of aromatic nitrogens is 3. The molecule has 3 aliphatic heterocycles. The van der Waals surface area contributed by atoms with Crippen molar-refractivity contribution in [2.45, 2.75) is 38.3 Å². The number of nitrogen functional groups attached to an aromatic ring is 1. The van der Waals surface area contributed by atoms with Crippen LogP contribution >= 0.6 is 11.3 Å². The summed E-state index contributed by atoms with van der Waals surface area (Å²) in [5.41, 5.74) is 7.59. The van der Waals surface area contributed by atoms with E-state index in [1.54, 1.807) is 23.6 Å². The molecule has 39 heavy (non-hydrogen) atoms. The third-order valence-corrected chi connectivity index (χ3v) is 8.56. The SMILES string of the molecule is Nc1ccc(-c2nc(N3CCOCC3)c3sc(CN4CCN(C(C=O)OC5CCCCO5)CC4)cc3n2)cn1. The fourth-order valence-electron chi connectivity index (χ4n) is 5.27. The van der Waals surface area contributed by atoms with Crippen LogP contribution in [-0.2, 0) is 25.5 Å². The lowest BCUT2D eigenvalue weighted by atomic mass is 10.2. The van der Waals surface area contributed by atoms with E-state index in [0.29, 0.717) is 31.5 Å². The van der Waals surface area contributed by atoms with Crippen molar-refractivity contribution in [3.8, 4) is 11.4 Å². The van der Waals surface area contributed by atoms with Crippen molar-refractivity contribution < 1.29 is 19.0 Å². The van der Waals surface area contributed by atoms with E-state index in [2.05, 4.69) is 25.8 Å². The Labute approximate surface area is 231 Å². The molecule has 0 bridgehead atoms. The van der Waals surface area contributed by atoms with Crippen LogP contribution in [0, 0.1) is 0 Å². The highest BCUT2D eigenvalue weighted by Crippen LogP contribution is 2.35. The Hall–Kier alpha value is -2.74. The van der Waals surface area contributed by atoms with Crippen LogP contribution in [0.2, 0.25) is 0 Å². The normalized spacial score (nSPS) is 22.3. The fourth-order valence-corrected chi connectivity index (χ4v) is 6.43. The van der Waals surface area contributed by atoms with Crippen molar-refractivity contribution >= 4 is 39.5 Å². The van der Waals surface area contributed by atoms with E-state index in [9.17, 15) is 4.79 Å². The molecule has 3 aromatic heterocycles. The van der Waals surface area contributed by atoms with E-state index in [1.807, 2.05) is 6.07 Å². The van der Waals surface area contributed by atoms with E-state index in [4.69, 9.17) is 29.9 Å². The van der Waals surface area contributed by atoms with Gasteiger partial charge in [-0.2, -0.15) is 0 Å². The average Bonchev–Trinajstić information content (AvgIpc) is 3.39. The number of aldehydes is 1. The molecular weight excluding hydrogens is 518 g/mol.